The Bertz CT molecular complexity index is 814. The third kappa shape index (κ3) is 3.43. The standard InChI is InChI=1S/C17H14BrN3O2/c1-23-14-9-7-13(8-10-14)21-11-15(18)16(20-21)17(22)19-12-5-3-2-4-6-12/h2-11H,1H3,(H,19,22). The Hall–Kier alpha value is -2.60. The number of aromatic nitrogens is 2. The van der Waals surface area contributed by atoms with Crippen LogP contribution in [0, 0.1) is 0 Å². The molecule has 0 fully saturated rings. The molecule has 6 heteroatoms. The second-order valence-corrected chi connectivity index (χ2v) is 5.64. The van der Waals surface area contributed by atoms with Crippen LogP contribution in [0.25, 0.3) is 5.69 Å². The normalized spacial score (nSPS) is 10.3. The summed E-state index contributed by atoms with van der Waals surface area (Å²) >= 11 is 3.39. The number of rotatable bonds is 4. The molecule has 0 atom stereocenters. The zero-order chi connectivity index (χ0) is 16.2. The van der Waals surface area contributed by atoms with Gasteiger partial charge in [-0.05, 0) is 52.3 Å². The van der Waals surface area contributed by atoms with E-state index in [4.69, 9.17) is 4.74 Å². The number of carbonyl (C=O) groups excluding carboxylic acids is 1. The molecule has 1 heterocycles. The fraction of sp³-hybridized carbons (Fsp3) is 0.0588. The Morgan fingerprint density at radius 2 is 1.83 bits per heavy atom. The molecule has 23 heavy (non-hydrogen) atoms. The maximum absolute atomic E-state index is 12.3. The van der Waals surface area contributed by atoms with Crippen molar-refractivity contribution >= 4 is 27.5 Å². The van der Waals surface area contributed by atoms with Gasteiger partial charge in [-0.2, -0.15) is 5.10 Å². The van der Waals surface area contributed by atoms with Crippen LogP contribution >= 0.6 is 15.9 Å². The summed E-state index contributed by atoms with van der Waals surface area (Å²) in [6.45, 7) is 0. The van der Waals surface area contributed by atoms with Crippen molar-refractivity contribution in [1.82, 2.24) is 9.78 Å². The minimum Gasteiger partial charge on any atom is -0.497 e. The van der Waals surface area contributed by atoms with Crippen LogP contribution in [0.5, 0.6) is 5.75 Å². The molecule has 0 saturated carbocycles. The Morgan fingerprint density at radius 1 is 1.13 bits per heavy atom. The van der Waals surface area contributed by atoms with Gasteiger partial charge >= 0.3 is 0 Å². The number of nitrogens with zero attached hydrogens (tertiary/aromatic N) is 2. The molecule has 0 aliphatic carbocycles. The largest absolute Gasteiger partial charge is 0.497 e. The maximum atomic E-state index is 12.3. The highest BCUT2D eigenvalue weighted by Crippen LogP contribution is 2.21. The van der Waals surface area contributed by atoms with Crippen LogP contribution < -0.4 is 10.1 Å². The van der Waals surface area contributed by atoms with Gasteiger partial charge in [-0.25, -0.2) is 4.68 Å². The van der Waals surface area contributed by atoms with Gasteiger partial charge in [0.1, 0.15) is 5.75 Å². The lowest BCUT2D eigenvalue weighted by Gasteiger charge is -2.04. The summed E-state index contributed by atoms with van der Waals surface area (Å²) in [5.74, 6) is 0.498. The molecule has 5 nitrogen and oxygen atoms in total. The highest BCUT2D eigenvalue weighted by Gasteiger charge is 2.16. The number of hydrogen-bond acceptors (Lipinski definition) is 3. The molecule has 1 N–H and O–H groups in total. The summed E-state index contributed by atoms with van der Waals surface area (Å²) in [5, 5.41) is 7.17. The van der Waals surface area contributed by atoms with Gasteiger partial charge in [0.15, 0.2) is 5.69 Å². The fourth-order valence-corrected chi connectivity index (χ4v) is 2.54. The van der Waals surface area contributed by atoms with Gasteiger partial charge in [0.25, 0.3) is 5.91 Å². The molecule has 0 bridgehead atoms. The predicted octanol–water partition coefficient (Wildman–Crippen LogP) is 3.90. The number of ether oxygens (including phenoxy) is 1. The Kier molecular flexibility index (Phi) is 4.43. The number of halogens is 1. The Labute approximate surface area is 142 Å². The smallest absolute Gasteiger partial charge is 0.277 e. The quantitative estimate of drug-likeness (QED) is 0.756. The molecule has 1 aromatic heterocycles. The average molecular weight is 372 g/mol. The van der Waals surface area contributed by atoms with Gasteiger partial charge in [0.2, 0.25) is 0 Å². The molecule has 116 valence electrons. The zero-order valence-corrected chi connectivity index (χ0v) is 13.9. The van der Waals surface area contributed by atoms with E-state index in [9.17, 15) is 4.79 Å². The van der Waals surface area contributed by atoms with Crippen LogP contribution in [0.4, 0.5) is 5.69 Å². The van der Waals surface area contributed by atoms with E-state index in [2.05, 4.69) is 26.3 Å². The predicted molar refractivity (Wildman–Crippen MR) is 92.2 cm³/mol. The van der Waals surface area contributed by atoms with Crippen molar-refractivity contribution in [2.45, 2.75) is 0 Å². The van der Waals surface area contributed by atoms with E-state index in [0.717, 1.165) is 17.1 Å². The number of hydrogen-bond donors (Lipinski definition) is 1. The second-order valence-electron chi connectivity index (χ2n) is 4.79. The van der Waals surface area contributed by atoms with Crippen molar-refractivity contribution in [3.63, 3.8) is 0 Å². The summed E-state index contributed by atoms with van der Waals surface area (Å²) in [4.78, 5) is 12.3. The molecule has 2 aromatic carbocycles. The van der Waals surface area contributed by atoms with E-state index in [1.807, 2.05) is 54.6 Å². The fourth-order valence-electron chi connectivity index (χ4n) is 2.09. The highest BCUT2D eigenvalue weighted by molar-refractivity contribution is 9.10. The lowest BCUT2D eigenvalue weighted by molar-refractivity contribution is 0.102. The Morgan fingerprint density at radius 3 is 2.48 bits per heavy atom. The lowest BCUT2D eigenvalue weighted by atomic mass is 10.3. The van der Waals surface area contributed by atoms with Crippen molar-refractivity contribution in [1.29, 1.82) is 0 Å². The Balaban J connectivity index is 1.84. The molecule has 0 aliphatic heterocycles. The number of amides is 1. The second kappa shape index (κ2) is 6.66. The topological polar surface area (TPSA) is 56.1 Å². The third-order valence-electron chi connectivity index (χ3n) is 3.25. The number of carbonyl (C=O) groups is 1. The van der Waals surface area contributed by atoms with E-state index in [0.29, 0.717) is 10.2 Å². The van der Waals surface area contributed by atoms with Crippen molar-refractivity contribution in [3.8, 4) is 11.4 Å². The maximum Gasteiger partial charge on any atom is 0.277 e. The average Bonchev–Trinajstić information content (AvgIpc) is 2.98. The summed E-state index contributed by atoms with van der Waals surface area (Å²) in [5.41, 5.74) is 1.89. The summed E-state index contributed by atoms with van der Waals surface area (Å²) < 4.78 is 7.40. The number of para-hydroxylation sites is 1. The van der Waals surface area contributed by atoms with Gasteiger partial charge in [-0.1, -0.05) is 18.2 Å². The van der Waals surface area contributed by atoms with Crippen LogP contribution in [0.3, 0.4) is 0 Å². The van der Waals surface area contributed by atoms with E-state index in [1.54, 1.807) is 18.0 Å². The van der Waals surface area contributed by atoms with Crippen LogP contribution in [-0.2, 0) is 0 Å². The number of nitrogens with one attached hydrogen (secondary N) is 1. The zero-order valence-electron chi connectivity index (χ0n) is 12.4. The number of anilines is 1. The minimum absolute atomic E-state index is 0.268. The highest BCUT2D eigenvalue weighted by atomic mass is 79.9. The van der Waals surface area contributed by atoms with E-state index < -0.39 is 0 Å². The molecule has 0 spiro atoms. The van der Waals surface area contributed by atoms with Gasteiger partial charge in [-0.15, -0.1) is 0 Å². The first-order chi connectivity index (χ1) is 11.2. The molecule has 0 saturated heterocycles. The van der Waals surface area contributed by atoms with Crippen molar-refractivity contribution in [3.05, 3.63) is 71.0 Å². The molecule has 0 radical (unpaired) electrons. The molecule has 3 rings (SSSR count). The van der Waals surface area contributed by atoms with Crippen LogP contribution in [0.15, 0.2) is 65.3 Å². The van der Waals surface area contributed by atoms with Crippen LogP contribution in [0.2, 0.25) is 0 Å². The van der Waals surface area contributed by atoms with Gasteiger partial charge in [0, 0.05) is 11.9 Å². The molecular formula is C17H14BrN3O2. The van der Waals surface area contributed by atoms with Crippen molar-refractivity contribution in [2.75, 3.05) is 12.4 Å². The summed E-state index contributed by atoms with van der Waals surface area (Å²) in [7, 11) is 1.62. The molecule has 0 unspecified atom stereocenters. The van der Waals surface area contributed by atoms with Crippen LogP contribution in [-0.4, -0.2) is 22.8 Å². The number of benzene rings is 2. The van der Waals surface area contributed by atoms with Crippen molar-refractivity contribution in [2.24, 2.45) is 0 Å². The first-order valence-corrected chi connectivity index (χ1v) is 7.72. The molecule has 0 aliphatic rings. The first-order valence-electron chi connectivity index (χ1n) is 6.93. The van der Waals surface area contributed by atoms with Gasteiger partial charge in [0.05, 0.1) is 17.3 Å². The third-order valence-corrected chi connectivity index (χ3v) is 3.83. The summed E-state index contributed by atoms with van der Waals surface area (Å²) in [6.07, 6.45) is 1.75. The van der Waals surface area contributed by atoms with Gasteiger partial charge in [-0.3, -0.25) is 4.79 Å². The monoisotopic (exact) mass is 371 g/mol. The first kappa shape index (κ1) is 15.3. The lowest BCUT2D eigenvalue weighted by Crippen LogP contribution is -2.13. The van der Waals surface area contributed by atoms with Gasteiger partial charge < -0.3 is 10.1 Å². The SMILES string of the molecule is COc1ccc(-n2cc(Br)c(C(=O)Nc3ccccc3)n2)cc1. The molecule has 1 amide bonds. The van der Waals surface area contributed by atoms with Crippen molar-refractivity contribution < 1.29 is 9.53 Å². The molecule has 3 aromatic rings. The van der Waals surface area contributed by atoms with Crippen LogP contribution in [0.1, 0.15) is 10.5 Å². The molecular weight excluding hydrogens is 358 g/mol. The van der Waals surface area contributed by atoms with E-state index in [-0.39, 0.29) is 5.91 Å². The van der Waals surface area contributed by atoms with E-state index in [1.165, 1.54) is 0 Å². The minimum atomic E-state index is -0.268. The number of methoxy groups -OCH3 is 1. The summed E-state index contributed by atoms with van der Waals surface area (Å²) in [6, 6.07) is 16.7. The van der Waals surface area contributed by atoms with E-state index >= 15 is 0 Å².